The van der Waals surface area contributed by atoms with Crippen LogP contribution in [0.3, 0.4) is 0 Å². The lowest BCUT2D eigenvalue weighted by Gasteiger charge is -2.32. The van der Waals surface area contributed by atoms with Gasteiger partial charge in [-0.05, 0) is 59.6 Å². The second kappa shape index (κ2) is 31.0. The number of pyridine rings is 1. The molecule has 16 bridgehead atoms. The zero-order valence-electron chi connectivity index (χ0n) is 52.6. The molecular formula is C59H64N18O14S7. The highest BCUT2D eigenvalue weighted by atomic mass is 32.2. The number of aliphatic hydroxyl groups is 1. The number of primary amides is 1. The molecule has 4 aromatic heterocycles. The fraction of sp³-hybridized carbons (Fsp3) is 0.407. The Bertz CT molecular complexity index is 4150. The van der Waals surface area contributed by atoms with E-state index in [4.69, 9.17) is 25.7 Å². The number of carboxylic acid groups (broad SMARTS) is 1. The average molecular weight is 1470 g/mol. The van der Waals surface area contributed by atoms with Crippen LogP contribution in [0.15, 0.2) is 73.4 Å². The monoisotopic (exact) mass is 1470 g/mol. The number of allylic oxidation sites excluding steroid dienone is 2. The fourth-order valence-electron chi connectivity index (χ4n) is 10.4. The third-order valence-corrected chi connectivity index (χ3v) is 22.9. The van der Waals surface area contributed by atoms with Crippen molar-refractivity contribution in [2.75, 3.05) is 36.1 Å². The van der Waals surface area contributed by atoms with E-state index in [-0.39, 0.29) is 63.6 Å². The highest BCUT2D eigenvalue weighted by molar-refractivity contribution is 8.15. The number of thiazole rings is 3. The summed E-state index contributed by atoms with van der Waals surface area (Å²) < 4.78 is 0. The zero-order valence-corrected chi connectivity index (χ0v) is 58.3. The van der Waals surface area contributed by atoms with Gasteiger partial charge in [0.1, 0.15) is 89.8 Å². The summed E-state index contributed by atoms with van der Waals surface area (Å²) >= 11 is 7.56. The van der Waals surface area contributed by atoms with Crippen LogP contribution < -0.4 is 53.6 Å². The van der Waals surface area contributed by atoms with E-state index in [2.05, 4.69) is 69.4 Å². The number of rotatable bonds is 4. The number of aromatic nitrogens is 4. The molecule has 98 heavy (non-hydrogen) atoms. The molecule has 0 radical (unpaired) electrons. The number of nitrogens with zero attached hydrogens (tertiary/aromatic N) is 8. The molecule has 1 fully saturated rings. The zero-order chi connectivity index (χ0) is 70.4. The summed E-state index contributed by atoms with van der Waals surface area (Å²) in [6.45, 7) is 9.91. The number of aliphatic imine (C=N–C) groups is 3. The molecule has 7 aliphatic rings. The fourth-order valence-corrected chi connectivity index (χ4v) is 17.0. The van der Waals surface area contributed by atoms with E-state index >= 15 is 0 Å². The topological polar surface area (TPSA) is 471 Å². The number of amides is 11. The Labute approximate surface area is 586 Å². The lowest BCUT2D eigenvalue weighted by Crippen LogP contribution is -2.62. The minimum Gasteiger partial charge on any atom is -0.480 e. The van der Waals surface area contributed by atoms with Gasteiger partial charge in [0.25, 0.3) is 23.6 Å². The predicted octanol–water partition coefficient (Wildman–Crippen LogP) is 0.136. The molecule has 0 unspecified atom stereocenters. The largest absolute Gasteiger partial charge is 0.480 e. The molecule has 4 aromatic rings. The lowest BCUT2D eigenvalue weighted by molar-refractivity contribution is -0.141. The third-order valence-electron chi connectivity index (χ3n) is 15.6. The molecule has 32 nitrogen and oxygen atoms in total. The van der Waals surface area contributed by atoms with E-state index in [9.17, 15) is 67.7 Å². The molecule has 1 saturated heterocycles. The van der Waals surface area contributed by atoms with Gasteiger partial charge in [-0.2, -0.15) is 0 Å². The number of thioether (sulfide) groups is 4. The summed E-state index contributed by atoms with van der Waals surface area (Å²) in [5, 5.41) is 51.8. The van der Waals surface area contributed by atoms with Crippen molar-refractivity contribution in [2.45, 2.75) is 113 Å². The SMILES string of the molecule is C=C1NC(=O)[C@@H]2CSC(=N2)c2csc(n2)-c2ccc3c(n2)[C@@H](C)NC(=O)[C@H]2CCCN2C(=O)/C(=C\C)NC(=O)CNC(=O)[C@H]([C@@H](C)O)NC(=O)[C@@](C)(NC(=O)C(=CC)NC(=O)[C@@H]2CSC(=N2)[C@@H](CC(N)=O)NC3=O)SC[C@H](C(=O)O)NC(=O)[C@H]2CSC(=N2)c2csc(n2)-c2csc1n2. The van der Waals surface area contributed by atoms with Crippen molar-refractivity contribution in [1.82, 2.24) is 72.7 Å². The standard InChI is InChI=1S/C59H64N18O14S7/c1-7-27-47(85)76-59(6)58(91)75-42(25(5)78)49(87)61-15-40(80)64-28(8-2)56(88)77-13-9-10-38(77)48(86)62-23(3)41-26(43(81)67-30(14-39(60)79)52-69-32(17-93-52)45(83)66-27)11-12-29(65-41)51-73-35(20-96-51)53-70-31(16-94-53)44(82)63-24(4)50-72-34(19-92-50)55-74-36(21-97-55)54-71-33(18-95-54)46(84)68-37(22-98-59)57(89)90/h7-8,11-12,19-21,23,25,30-33,37-38,42,78H,4,9-10,13-18,22H2,1-3,5-6H3,(H2,60,79)(H,61,87)(H,62,86)(H,63,82)(H,64,80)(H,66,83)(H,67,81)(H,68,84)(H,75,91)(H,76,85)(H,89,90)/b27-7?,28-8+/t23-,25-,30-,31+,32+,33-,37-,38-,42+,59+/m1/s1. The van der Waals surface area contributed by atoms with E-state index in [1.807, 2.05) is 0 Å². The molecule has 0 saturated carbocycles. The first-order valence-corrected chi connectivity index (χ1v) is 36.7. The second-order valence-electron chi connectivity index (χ2n) is 22.7. The first-order chi connectivity index (χ1) is 46.7. The van der Waals surface area contributed by atoms with Gasteiger partial charge in [0.15, 0.2) is 4.87 Å². The van der Waals surface area contributed by atoms with Crippen molar-refractivity contribution in [1.29, 1.82) is 0 Å². The minimum atomic E-state index is -2.35. The van der Waals surface area contributed by atoms with Crippen molar-refractivity contribution < 1.29 is 67.7 Å². The Hall–Kier alpha value is -8.73. The summed E-state index contributed by atoms with van der Waals surface area (Å²) in [5.74, 6) is -11.8. The van der Waals surface area contributed by atoms with E-state index < -0.39 is 155 Å². The van der Waals surface area contributed by atoms with Gasteiger partial charge in [0, 0.05) is 45.7 Å². The Morgan fingerprint density at radius 1 is 0.714 bits per heavy atom. The average Bonchev–Trinajstić information content (AvgIpc) is 1.76. The molecule has 39 heteroatoms. The van der Waals surface area contributed by atoms with Crippen LogP contribution >= 0.6 is 81.1 Å². The molecule has 11 rings (SSSR count). The summed E-state index contributed by atoms with van der Waals surface area (Å²) in [6, 6.07) is -7.50. The number of carbonyl (C=O) groups excluding carboxylic acids is 11. The van der Waals surface area contributed by atoms with E-state index in [0.29, 0.717) is 60.4 Å². The van der Waals surface area contributed by atoms with Crippen LogP contribution in [0.25, 0.3) is 27.1 Å². The summed E-state index contributed by atoms with van der Waals surface area (Å²) in [6.07, 6.45) is 0.722. The van der Waals surface area contributed by atoms with Crippen molar-refractivity contribution in [3.8, 4) is 21.4 Å². The Kier molecular flexibility index (Phi) is 22.8. The van der Waals surface area contributed by atoms with Gasteiger partial charge in [-0.25, -0.2) is 24.7 Å². The highest BCUT2D eigenvalue weighted by Gasteiger charge is 2.44. The van der Waals surface area contributed by atoms with E-state index in [1.54, 1.807) is 23.1 Å². The van der Waals surface area contributed by atoms with Crippen LogP contribution in [0.4, 0.5) is 0 Å². The number of nitrogens with one attached hydrogen (secondary N) is 9. The van der Waals surface area contributed by atoms with Crippen molar-refractivity contribution >= 4 is 173 Å². The summed E-state index contributed by atoms with van der Waals surface area (Å²) in [4.78, 5) is 200. The Morgan fingerprint density at radius 2 is 1.33 bits per heavy atom. The van der Waals surface area contributed by atoms with Gasteiger partial charge >= 0.3 is 5.97 Å². The summed E-state index contributed by atoms with van der Waals surface area (Å²) in [7, 11) is 0. The maximum Gasteiger partial charge on any atom is 0.327 e. The van der Waals surface area contributed by atoms with Gasteiger partial charge in [0.2, 0.25) is 41.4 Å². The predicted molar refractivity (Wildman–Crippen MR) is 370 cm³/mol. The number of carbonyl (C=O) groups is 12. The molecule has 13 N–H and O–H groups in total. The molecule has 7 aliphatic heterocycles. The van der Waals surface area contributed by atoms with Gasteiger partial charge in [-0.3, -0.25) is 67.7 Å². The maximum absolute atomic E-state index is 14.8. The quantitative estimate of drug-likeness (QED) is 0.121. The first kappa shape index (κ1) is 72.0. The Balaban J connectivity index is 1.05. The molecular weight excluding hydrogens is 1410 g/mol. The smallest absolute Gasteiger partial charge is 0.327 e. The van der Waals surface area contributed by atoms with Crippen molar-refractivity contribution in [3.05, 3.63) is 86.1 Å². The molecule has 11 heterocycles. The highest BCUT2D eigenvalue weighted by Crippen LogP contribution is 2.35. The van der Waals surface area contributed by atoms with E-state index in [0.717, 1.165) is 25.6 Å². The number of carboxylic acids is 1. The van der Waals surface area contributed by atoms with Gasteiger partial charge in [0.05, 0.1) is 58.8 Å². The lowest BCUT2D eigenvalue weighted by atomic mass is 10.0. The first-order valence-electron chi connectivity index (χ1n) is 30.1. The van der Waals surface area contributed by atoms with Gasteiger partial charge in [-0.15, -0.1) is 81.1 Å². The van der Waals surface area contributed by atoms with Crippen LogP contribution in [0, 0.1) is 0 Å². The molecule has 516 valence electrons. The number of hydrogen-bond donors (Lipinski definition) is 12. The van der Waals surface area contributed by atoms with Crippen LogP contribution in [0.5, 0.6) is 0 Å². The van der Waals surface area contributed by atoms with Crippen molar-refractivity contribution in [2.24, 2.45) is 20.7 Å². The van der Waals surface area contributed by atoms with Crippen LogP contribution in [-0.4, -0.2) is 210 Å². The number of aliphatic hydroxyl groups excluding tert-OH is 1. The summed E-state index contributed by atoms with van der Waals surface area (Å²) in [5.41, 5.74) is 6.62. The second-order valence-corrected chi connectivity index (χ2v) is 29.7. The Morgan fingerprint density at radius 3 is 1.98 bits per heavy atom. The van der Waals surface area contributed by atoms with Crippen LogP contribution in [0.2, 0.25) is 0 Å². The maximum atomic E-state index is 14.8. The molecule has 0 spiro atoms. The third kappa shape index (κ3) is 16.5. The molecule has 0 aromatic carbocycles. The molecule has 11 amide bonds. The normalized spacial score (nSPS) is 27.1. The van der Waals surface area contributed by atoms with E-state index in [1.165, 1.54) is 101 Å². The van der Waals surface area contributed by atoms with Gasteiger partial charge in [-0.1, -0.05) is 18.7 Å². The van der Waals surface area contributed by atoms with Crippen LogP contribution in [-0.2, 0) is 52.7 Å². The van der Waals surface area contributed by atoms with Crippen LogP contribution in [0.1, 0.15) is 92.4 Å². The minimum absolute atomic E-state index is 0.00174. The van der Waals surface area contributed by atoms with Gasteiger partial charge < -0.3 is 68.7 Å². The number of fused-ring (bicyclic) bond motifs is 8. The number of hydrogen-bond acceptors (Lipinski definition) is 27. The molecule has 0 aliphatic carbocycles. The molecule has 10 atom stereocenters. The number of aliphatic carboxylic acids is 1. The van der Waals surface area contributed by atoms with Crippen molar-refractivity contribution in [3.63, 3.8) is 0 Å². The number of nitrogens with two attached hydrogens (primary N) is 1.